The summed E-state index contributed by atoms with van der Waals surface area (Å²) in [7, 11) is 0. The van der Waals surface area contributed by atoms with Gasteiger partial charge in [-0.3, -0.25) is 19.6 Å². The maximum absolute atomic E-state index is 11.7. The Morgan fingerprint density at radius 2 is 2.18 bits per heavy atom. The van der Waals surface area contributed by atoms with Crippen LogP contribution in [-0.2, 0) is 9.59 Å². The molecule has 0 spiro atoms. The fraction of sp³-hybridized carbons (Fsp3) is 0.222. The first kappa shape index (κ1) is 10.6. The Hall–Kier alpha value is -1.58. The van der Waals surface area contributed by atoms with Crippen LogP contribution >= 0.6 is 22.6 Å². The number of hydrogen-bond acceptors (Lipinski definition) is 5. The van der Waals surface area contributed by atoms with Crippen molar-refractivity contribution < 1.29 is 9.59 Å². The second kappa shape index (κ2) is 3.72. The van der Waals surface area contributed by atoms with Crippen molar-refractivity contribution in [3.63, 3.8) is 0 Å². The van der Waals surface area contributed by atoms with E-state index in [-0.39, 0.29) is 24.7 Å². The number of hydrogen-bond donors (Lipinski definition) is 1. The second-order valence-electron chi connectivity index (χ2n) is 3.63. The molecule has 86 valence electrons. The second-order valence-corrected chi connectivity index (χ2v) is 4.71. The van der Waals surface area contributed by atoms with Crippen LogP contribution in [0.15, 0.2) is 6.33 Å². The van der Waals surface area contributed by atoms with Gasteiger partial charge in [0.05, 0.1) is 18.4 Å². The minimum atomic E-state index is -0.230. The molecule has 1 saturated heterocycles. The Kier molecular flexibility index (Phi) is 2.31. The summed E-state index contributed by atoms with van der Waals surface area (Å²) in [5.74, 6) is 0.122. The molecule has 1 aliphatic rings. The van der Waals surface area contributed by atoms with Crippen LogP contribution in [0.4, 0.5) is 5.82 Å². The van der Waals surface area contributed by atoms with Crippen LogP contribution in [0.5, 0.6) is 0 Å². The van der Waals surface area contributed by atoms with Crippen LogP contribution in [0.3, 0.4) is 0 Å². The Morgan fingerprint density at radius 3 is 2.88 bits per heavy atom. The summed E-state index contributed by atoms with van der Waals surface area (Å²) in [6.45, 7) is 0.0756. The van der Waals surface area contributed by atoms with Gasteiger partial charge >= 0.3 is 0 Å². The lowest BCUT2D eigenvalue weighted by molar-refractivity contribution is -0.121. The van der Waals surface area contributed by atoms with E-state index in [1.165, 1.54) is 11.2 Å². The zero-order valence-corrected chi connectivity index (χ0v) is 10.6. The predicted molar refractivity (Wildman–Crippen MR) is 66.4 cm³/mol. The quantitative estimate of drug-likeness (QED) is 0.593. The molecule has 0 aromatic carbocycles. The summed E-state index contributed by atoms with van der Waals surface area (Å²) in [5, 5.41) is 7.44. The van der Waals surface area contributed by atoms with E-state index in [0.717, 1.165) is 3.70 Å². The largest absolute Gasteiger partial charge is 0.297 e. The molecule has 1 N–H and O–H groups in total. The van der Waals surface area contributed by atoms with E-state index in [4.69, 9.17) is 0 Å². The van der Waals surface area contributed by atoms with Crippen molar-refractivity contribution in [2.24, 2.45) is 0 Å². The van der Waals surface area contributed by atoms with Crippen LogP contribution in [-0.4, -0.2) is 38.4 Å². The molecule has 1 fully saturated rings. The number of carbonyl (C=O) groups is 2. The van der Waals surface area contributed by atoms with Gasteiger partial charge in [0, 0.05) is 0 Å². The summed E-state index contributed by atoms with van der Waals surface area (Å²) in [4.78, 5) is 32.4. The summed E-state index contributed by atoms with van der Waals surface area (Å²) in [5.41, 5.74) is 0.492. The molecule has 0 radical (unpaired) electrons. The number of ketones is 1. The third kappa shape index (κ3) is 1.59. The number of aromatic amines is 1. The van der Waals surface area contributed by atoms with Gasteiger partial charge < -0.3 is 0 Å². The first-order valence-corrected chi connectivity index (χ1v) is 5.91. The molecule has 1 amide bonds. The van der Waals surface area contributed by atoms with Crippen molar-refractivity contribution >= 4 is 51.1 Å². The Morgan fingerprint density at radius 1 is 1.35 bits per heavy atom. The van der Waals surface area contributed by atoms with E-state index >= 15 is 0 Å². The fourth-order valence-electron chi connectivity index (χ4n) is 1.79. The third-order valence-corrected chi connectivity index (χ3v) is 3.31. The highest BCUT2D eigenvalue weighted by molar-refractivity contribution is 14.1. The smallest absolute Gasteiger partial charge is 0.236 e. The monoisotopic (exact) mass is 343 g/mol. The summed E-state index contributed by atoms with van der Waals surface area (Å²) in [6.07, 6.45) is 1.28. The summed E-state index contributed by atoms with van der Waals surface area (Å²) < 4.78 is 0.750. The molecule has 7 nitrogen and oxygen atoms in total. The van der Waals surface area contributed by atoms with Crippen molar-refractivity contribution in [2.45, 2.75) is 6.42 Å². The maximum Gasteiger partial charge on any atom is 0.236 e. The van der Waals surface area contributed by atoms with Crippen molar-refractivity contribution in [1.82, 2.24) is 20.2 Å². The maximum atomic E-state index is 11.7. The van der Waals surface area contributed by atoms with E-state index in [2.05, 4.69) is 42.8 Å². The number of Topliss-reactive ketones (excluding diaryl/α,β-unsaturated/α-hetero) is 1. The molecule has 3 heterocycles. The fourth-order valence-corrected chi connectivity index (χ4v) is 2.39. The van der Waals surface area contributed by atoms with Gasteiger partial charge in [0.15, 0.2) is 17.2 Å². The third-order valence-electron chi connectivity index (χ3n) is 2.53. The molecule has 0 atom stereocenters. The van der Waals surface area contributed by atoms with E-state index in [9.17, 15) is 9.59 Å². The lowest BCUT2D eigenvalue weighted by Crippen LogP contribution is -2.25. The number of nitrogens with zero attached hydrogens (tertiary/aromatic N) is 4. The average Bonchev–Trinajstić information content (AvgIpc) is 2.83. The summed E-state index contributed by atoms with van der Waals surface area (Å²) in [6, 6.07) is 0. The van der Waals surface area contributed by atoms with Crippen LogP contribution in [0.1, 0.15) is 6.42 Å². The Balaban J connectivity index is 2.20. The molecule has 3 rings (SSSR count). The van der Waals surface area contributed by atoms with Gasteiger partial charge in [0.1, 0.15) is 10.0 Å². The van der Waals surface area contributed by atoms with Crippen LogP contribution in [0.25, 0.3) is 11.0 Å². The normalized spacial score (nSPS) is 16.2. The topological polar surface area (TPSA) is 91.8 Å². The lowest BCUT2D eigenvalue weighted by Gasteiger charge is -2.13. The van der Waals surface area contributed by atoms with Crippen molar-refractivity contribution in [2.75, 3.05) is 11.4 Å². The zero-order valence-electron chi connectivity index (χ0n) is 8.47. The van der Waals surface area contributed by atoms with E-state index < -0.39 is 0 Å². The molecule has 0 aliphatic carbocycles. The molecule has 0 bridgehead atoms. The summed E-state index contributed by atoms with van der Waals surface area (Å²) >= 11 is 2.06. The van der Waals surface area contributed by atoms with Gasteiger partial charge in [-0.25, -0.2) is 9.97 Å². The highest BCUT2D eigenvalue weighted by Gasteiger charge is 2.31. The van der Waals surface area contributed by atoms with Gasteiger partial charge in [0.25, 0.3) is 0 Å². The zero-order chi connectivity index (χ0) is 12.0. The number of H-pyrrole nitrogens is 1. The highest BCUT2D eigenvalue weighted by atomic mass is 127. The number of carbonyl (C=O) groups excluding carboxylic acids is 2. The minimum absolute atomic E-state index is 0.0556. The van der Waals surface area contributed by atoms with E-state index in [0.29, 0.717) is 16.9 Å². The molecule has 1 aliphatic heterocycles. The first-order valence-electron chi connectivity index (χ1n) is 4.83. The van der Waals surface area contributed by atoms with Gasteiger partial charge in [0.2, 0.25) is 5.91 Å². The number of halogens is 1. The predicted octanol–water partition coefficient (Wildman–Crippen LogP) is 0.263. The molecular formula is C9H6IN5O2. The van der Waals surface area contributed by atoms with Crippen molar-refractivity contribution in [3.05, 3.63) is 10.0 Å². The SMILES string of the molecule is O=C1CC(=O)N(c2ncnc3n[nH]c(I)c23)C1. The molecule has 8 heteroatoms. The molecule has 17 heavy (non-hydrogen) atoms. The van der Waals surface area contributed by atoms with Crippen LogP contribution in [0.2, 0.25) is 0 Å². The molecule has 2 aromatic heterocycles. The number of amides is 1. The van der Waals surface area contributed by atoms with E-state index in [1.807, 2.05) is 0 Å². The number of aromatic nitrogens is 4. The highest BCUT2D eigenvalue weighted by Crippen LogP contribution is 2.27. The Labute approximate surface area is 109 Å². The lowest BCUT2D eigenvalue weighted by atomic mass is 10.3. The number of fused-ring (bicyclic) bond motifs is 1. The van der Waals surface area contributed by atoms with Gasteiger partial charge in [-0.15, -0.1) is 0 Å². The minimum Gasteiger partial charge on any atom is -0.297 e. The van der Waals surface area contributed by atoms with Crippen molar-refractivity contribution in [3.8, 4) is 0 Å². The number of nitrogens with one attached hydrogen (secondary N) is 1. The van der Waals surface area contributed by atoms with Gasteiger partial charge in [-0.1, -0.05) is 0 Å². The standard InChI is InChI=1S/C9H6IN5O2/c10-7-6-8(14-13-7)11-3-12-9(6)15-2-4(16)1-5(15)17/h3H,1-2H2,(H,11,12,13,14). The van der Waals surface area contributed by atoms with E-state index in [1.54, 1.807) is 0 Å². The van der Waals surface area contributed by atoms with Crippen LogP contribution < -0.4 is 4.90 Å². The molecule has 0 unspecified atom stereocenters. The number of anilines is 1. The van der Waals surface area contributed by atoms with Crippen LogP contribution in [0, 0.1) is 3.70 Å². The number of rotatable bonds is 1. The van der Waals surface area contributed by atoms with Gasteiger partial charge in [-0.05, 0) is 22.6 Å². The van der Waals surface area contributed by atoms with Gasteiger partial charge in [-0.2, -0.15) is 5.10 Å². The molecule has 0 saturated carbocycles. The Bertz CT molecular complexity index is 637. The first-order chi connectivity index (χ1) is 8.16. The van der Waals surface area contributed by atoms with Crippen molar-refractivity contribution in [1.29, 1.82) is 0 Å². The molecule has 2 aromatic rings. The molecular weight excluding hydrogens is 337 g/mol. The average molecular weight is 343 g/mol.